The number of hydrogen-bond acceptors (Lipinski definition) is 1. The second-order valence-corrected chi connectivity index (χ2v) is 3.78. The third-order valence-corrected chi connectivity index (χ3v) is 2.71. The highest BCUT2D eigenvalue weighted by atomic mass is 14.6. The van der Waals surface area contributed by atoms with E-state index in [4.69, 9.17) is 0 Å². The summed E-state index contributed by atoms with van der Waals surface area (Å²) in [7, 11) is 0. The number of hydrogen-bond donors (Lipinski definition) is 0. The van der Waals surface area contributed by atoms with Gasteiger partial charge in [0.15, 0.2) is 0 Å². The van der Waals surface area contributed by atoms with Gasteiger partial charge in [0.25, 0.3) is 0 Å². The zero-order valence-corrected chi connectivity index (χ0v) is 8.80. The van der Waals surface area contributed by atoms with Gasteiger partial charge in [0.1, 0.15) is 0 Å². The number of aromatic nitrogens is 1. The van der Waals surface area contributed by atoms with Crippen molar-refractivity contribution < 1.29 is 0 Å². The van der Waals surface area contributed by atoms with E-state index in [0.717, 1.165) is 5.52 Å². The summed E-state index contributed by atoms with van der Waals surface area (Å²) in [6.07, 6.45) is 1.83. The van der Waals surface area contributed by atoms with Crippen LogP contribution in [0.1, 0.15) is 0 Å². The molecule has 0 radical (unpaired) electrons. The highest BCUT2D eigenvalue weighted by Crippen LogP contribution is 2.22. The standard InChI is InChI=1S/C15H11N/c1-2-5-12(6-3-1)14-9-8-13-7-4-10-16-15(13)11-14/h1-11H. The zero-order chi connectivity index (χ0) is 10.8. The van der Waals surface area contributed by atoms with Crippen LogP contribution in [0.5, 0.6) is 0 Å². The summed E-state index contributed by atoms with van der Waals surface area (Å²) in [5.41, 5.74) is 3.49. The first-order valence-corrected chi connectivity index (χ1v) is 5.34. The fourth-order valence-corrected chi connectivity index (χ4v) is 1.88. The van der Waals surface area contributed by atoms with Crippen LogP contribution < -0.4 is 0 Å². The van der Waals surface area contributed by atoms with Gasteiger partial charge >= 0.3 is 0 Å². The molecule has 0 aliphatic carbocycles. The molecular formula is C15H11N. The quantitative estimate of drug-likeness (QED) is 0.587. The van der Waals surface area contributed by atoms with Crippen molar-refractivity contribution >= 4 is 10.9 Å². The first-order chi connectivity index (χ1) is 7.93. The monoisotopic (exact) mass is 205 g/mol. The minimum Gasteiger partial charge on any atom is -0.256 e. The fourth-order valence-electron chi connectivity index (χ4n) is 1.88. The van der Waals surface area contributed by atoms with Crippen LogP contribution in [0.25, 0.3) is 22.0 Å². The van der Waals surface area contributed by atoms with Gasteiger partial charge in [-0.2, -0.15) is 0 Å². The Morgan fingerprint density at radius 3 is 2.44 bits per heavy atom. The van der Waals surface area contributed by atoms with Gasteiger partial charge < -0.3 is 0 Å². The van der Waals surface area contributed by atoms with Crippen molar-refractivity contribution in [3.05, 3.63) is 66.9 Å². The predicted octanol–water partition coefficient (Wildman–Crippen LogP) is 3.90. The van der Waals surface area contributed by atoms with Crippen LogP contribution in [0.3, 0.4) is 0 Å². The molecule has 1 heterocycles. The Hall–Kier alpha value is -2.15. The van der Waals surface area contributed by atoms with Gasteiger partial charge in [-0.25, -0.2) is 0 Å². The van der Waals surface area contributed by atoms with E-state index in [-0.39, 0.29) is 0 Å². The Kier molecular flexibility index (Phi) is 2.15. The molecule has 2 aromatic carbocycles. The molecule has 1 nitrogen and oxygen atoms in total. The van der Waals surface area contributed by atoms with Crippen molar-refractivity contribution in [2.24, 2.45) is 0 Å². The Morgan fingerprint density at radius 1 is 0.688 bits per heavy atom. The summed E-state index contributed by atoms with van der Waals surface area (Å²) in [5.74, 6) is 0. The summed E-state index contributed by atoms with van der Waals surface area (Å²) in [4.78, 5) is 4.37. The molecule has 0 aliphatic rings. The molecular weight excluding hydrogens is 194 g/mol. The molecule has 16 heavy (non-hydrogen) atoms. The van der Waals surface area contributed by atoms with Gasteiger partial charge in [-0.15, -0.1) is 0 Å². The molecule has 0 spiro atoms. The molecule has 3 rings (SSSR count). The van der Waals surface area contributed by atoms with E-state index in [1.165, 1.54) is 16.5 Å². The molecule has 0 bridgehead atoms. The molecule has 0 amide bonds. The molecule has 0 N–H and O–H groups in total. The fraction of sp³-hybridized carbons (Fsp3) is 0. The lowest BCUT2D eigenvalue weighted by Gasteiger charge is -2.02. The van der Waals surface area contributed by atoms with Crippen LogP contribution in [0.15, 0.2) is 66.9 Å². The van der Waals surface area contributed by atoms with Crippen molar-refractivity contribution in [2.45, 2.75) is 0 Å². The van der Waals surface area contributed by atoms with Crippen LogP contribution in [0.2, 0.25) is 0 Å². The summed E-state index contributed by atoms with van der Waals surface area (Å²) >= 11 is 0. The molecule has 76 valence electrons. The van der Waals surface area contributed by atoms with Gasteiger partial charge in [-0.05, 0) is 23.3 Å². The van der Waals surface area contributed by atoms with Crippen LogP contribution in [0, 0.1) is 0 Å². The molecule has 0 fully saturated rings. The highest BCUT2D eigenvalue weighted by molar-refractivity contribution is 5.83. The molecule has 0 aliphatic heterocycles. The van der Waals surface area contributed by atoms with E-state index >= 15 is 0 Å². The first kappa shape index (κ1) is 9.10. The van der Waals surface area contributed by atoms with Gasteiger partial charge in [0.05, 0.1) is 5.52 Å². The van der Waals surface area contributed by atoms with Crippen molar-refractivity contribution in [2.75, 3.05) is 0 Å². The molecule has 0 unspecified atom stereocenters. The van der Waals surface area contributed by atoms with Gasteiger partial charge in [-0.1, -0.05) is 48.5 Å². The van der Waals surface area contributed by atoms with E-state index < -0.39 is 0 Å². The maximum Gasteiger partial charge on any atom is 0.0708 e. The van der Waals surface area contributed by atoms with Crippen LogP contribution in [-0.4, -0.2) is 4.98 Å². The predicted molar refractivity (Wildman–Crippen MR) is 67.2 cm³/mol. The smallest absolute Gasteiger partial charge is 0.0708 e. The second-order valence-electron chi connectivity index (χ2n) is 3.78. The van der Waals surface area contributed by atoms with Crippen LogP contribution in [0.4, 0.5) is 0 Å². The maximum atomic E-state index is 4.37. The van der Waals surface area contributed by atoms with Crippen molar-refractivity contribution in [3.63, 3.8) is 0 Å². The summed E-state index contributed by atoms with van der Waals surface area (Å²) in [6, 6.07) is 20.8. The van der Waals surface area contributed by atoms with E-state index in [1.54, 1.807) is 0 Å². The Morgan fingerprint density at radius 2 is 1.56 bits per heavy atom. The molecule has 0 saturated heterocycles. The number of benzene rings is 2. The van der Waals surface area contributed by atoms with Crippen molar-refractivity contribution in [3.8, 4) is 11.1 Å². The van der Waals surface area contributed by atoms with Crippen molar-refractivity contribution in [1.82, 2.24) is 4.98 Å². The number of nitrogens with zero attached hydrogens (tertiary/aromatic N) is 1. The third-order valence-electron chi connectivity index (χ3n) is 2.71. The highest BCUT2D eigenvalue weighted by Gasteiger charge is 1.98. The minimum absolute atomic E-state index is 1.05. The maximum absolute atomic E-state index is 4.37. The van der Waals surface area contributed by atoms with E-state index in [1.807, 2.05) is 18.3 Å². The average molecular weight is 205 g/mol. The molecule has 3 aromatic rings. The third kappa shape index (κ3) is 1.57. The van der Waals surface area contributed by atoms with E-state index in [9.17, 15) is 0 Å². The lowest BCUT2D eigenvalue weighted by molar-refractivity contribution is 1.41. The summed E-state index contributed by atoms with van der Waals surface area (Å²) in [5, 5.41) is 1.18. The molecule has 0 saturated carbocycles. The molecule has 0 atom stereocenters. The minimum atomic E-state index is 1.05. The van der Waals surface area contributed by atoms with E-state index in [2.05, 4.69) is 53.5 Å². The second kappa shape index (κ2) is 3.78. The number of fused-ring (bicyclic) bond motifs is 1. The lowest BCUT2D eigenvalue weighted by atomic mass is 10.0. The Balaban J connectivity index is 2.19. The van der Waals surface area contributed by atoms with Crippen LogP contribution in [-0.2, 0) is 0 Å². The van der Waals surface area contributed by atoms with Crippen molar-refractivity contribution in [1.29, 1.82) is 0 Å². The zero-order valence-electron chi connectivity index (χ0n) is 8.80. The Bertz CT molecular complexity index is 614. The molecule has 1 aromatic heterocycles. The van der Waals surface area contributed by atoms with E-state index in [0.29, 0.717) is 0 Å². The average Bonchev–Trinajstić information content (AvgIpc) is 2.39. The number of pyridine rings is 1. The summed E-state index contributed by atoms with van der Waals surface area (Å²) < 4.78 is 0. The van der Waals surface area contributed by atoms with Gasteiger partial charge in [-0.3, -0.25) is 4.98 Å². The molecule has 1 heteroatoms. The SMILES string of the molecule is c1ccc(-c2ccc3cccnc3c2)cc1. The topological polar surface area (TPSA) is 12.9 Å². The first-order valence-electron chi connectivity index (χ1n) is 5.34. The van der Waals surface area contributed by atoms with Crippen LogP contribution >= 0.6 is 0 Å². The number of rotatable bonds is 1. The normalized spacial score (nSPS) is 10.5. The van der Waals surface area contributed by atoms with Gasteiger partial charge in [0.2, 0.25) is 0 Å². The lowest BCUT2D eigenvalue weighted by Crippen LogP contribution is -1.80. The Labute approximate surface area is 94.4 Å². The summed E-state index contributed by atoms with van der Waals surface area (Å²) in [6.45, 7) is 0. The van der Waals surface area contributed by atoms with Gasteiger partial charge in [0, 0.05) is 11.6 Å². The largest absolute Gasteiger partial charge is 0.256 e.